The van der Waals surface area contributed by atoms with E-state index in [1.165, 1.54) is 5.48 Å². The number of phenolic OH excluding ortho intramolecular Hbond substituents is 1. The first-order chi connectivity index (χ1) is 6.06. The van der Waals surface area contributed by atoms with Crippen molar-refractivity contribution in [3.8, 4) is 5.75 Å². The fourth-order valence-electron chi connectivity index (χ4n) is 0.778. The zero-order chi connectivity index (χ0) is 10.0. The molecule has 0 saturated heterocycles. The molecule has 0 aliphatic heterocycles. The number of carbonyl (C=O) groups excluding carboxylic acids is 1. The van der Waals surface area contributed by atoms with E-state index in [-0.39, 0.29) is 21.4 Å². The molecule has 1 aromatic carbocycles. The van der Waals surface area contributed by atoms with Crippen LogP contribution in [0.25, 0.3) is 0 Å². The summed E-state index contributed by atoms with van der Waals surface area (Å²) in [4.78, 5) is 10.9. The van der Waals surface area contributed by atoms with Crippen LogP contribution in [0, 0.1) is 0 Å². The van der Waals surface area contributed by atoms with Crippen molar-refractivity contribution in [2.45, 2.75) is 0 Å². The van der Waals surface area contributed by atoms with Gasteiger partial charge in [-0.3, -0.25) is 10.0 Å². The number of carbonyl (C=O) groups is 1. The van der Waals surface area contributed by atoms with Crippen LogP contribution in [0.15, 0.2) is 12.1 Å². The number of hydrogen-bond donors (Lipinski definition) is 3. The molecule has 0 aliphatic carbocycles. The minimum Gasteiger partial charge on any atom is -0.507 e. The molecule has 0 aromatic heterocycles. The lowest BCUT2D eigenvalue weighted by Crippen LogP contribution is -2.18. The summed E-state index contributed by atoms with van der Waals surface area (Å²) in [6.07, 6.45) is 0. The first-order valence-corrected chi connectivity index (χ1v) is 3.94. The molecule has 1 aromatic rings. The molecule has 13 heavy (non-hydrogen) atoms. The van der Waals surface area contributed by atoms with E-state index < -0.39 is 5.91 Å². The molecule has 0 spiro atoms. The lowest BCUT2D eigenvalue weighted by atomic mass is 10.2. The third kappa shape index (κ3) is 2.03. The van der Waals surface area contributed by atoms with Crippen molar-refractivity contribution in [2.75, 3.05) is 0 Å². The van der Waals surface area contributed by atoms with E-state index in [9.17, 15) is 9.90 Å². The standard InChI is InChI=1S/C7H5Cl2NO3/c8-4-1-3(7(12)10-13)6(11)2-5(4)9/h1-2,11,13H,(H,10,12). The maximum absolute atomic E-state index is 10.9. The predicted octanol–water partition coefficient (Wildman–Crippen LogP) is 1.82. The molecule has 0 saturated carbocycles. The van der Waals surface area contributed by atoms with Crippen LogP contribution in [0.1, 0.15) is 10.4 Å². The Bertz CT molecular complexity index is 354. The average molecular weight is 222 g/mol. The van der Waals surface area contributed by atoms with Gasteiger partial charge in [0.15, 0.2) is 0 Å². The predicted molar refractivity (Wildman–Crippen MR) is 47.4 cm³/mol. The first-order valence-electron chi connectivity index (χ1n) is 3.18. The molecular formula is C7H5Cl2NO3. The number of aromatic hydroxyl groups is 1. The number of hydroxylamine groups is 1. The summed E-state index contributed by atoms with van der Waals surface area (Å²) in [5.41, 5.74) is 1.23. The number of phenols is 1. The Labute approximate surface area is 83.7 Å². The SMILES string of the molecule is O=C(NO)c1cc(Cl)c(Cl)cc1O. The van der Waals surface area contributed by atoms with Crippen molar-refractivity contribution < 1.29 is 15.1 Å². The third-order valence-corrected chi connectivity index (χ3v) is 2.11. The van der Waals surface area contributed by atoms with Crippen LogP contribution in [-0.2, 0) is 0 Å². The molecule has 0 heterocycles. The van der Waals surface area contributed by atoms with Gasteiger partial charge in [0.25, 0.3) is 5.91 Å². The van der Waals surface area contributed by atoms with Crippen molar-refractivity contribution in [3.63, 3.8) is 0 Å². The van der Waals surface area contributed by atoms with Crippen LogP contribution in [0.2, 0.25) is 10.0 Å². The second-order valence-corrected chi connectivity index (χ2v) is 3.04. The summed E-state index contributed by atoms with van der Waals surface area (Å²) in [7, 11) is 0. The van der Waals surface area contributed by atoms with Crippen LogP contribution in [0.4, 0.5) is 0 Å². The van der Waals surface area contributed by atoms with Crippen molar-refractivity contribution in [2.24, 2.45) is 0 Å². The van der Waals surface area contributed by atoms with E-state index >= 15 is 0 Å². The second-order valence-electron chi connectivity index (χ2n) is 2.22. The van der Waals surface area contributed by atoms with E-state index in [1.54, 1.807) is 0 Å². The fraction of sp³-hybridized carbons (Fsp3) is 0. The summed E-state index contributed by atoms with van der Waals surface area (Å²) in [6, 6.07) is 2.28. The van der Waals surface area contributed by atoms with E-state index in [0.717, 1.165) is 12.1 Å². The molecule has 1 rings (SSSR count). The highest BCUT2D eigenvalue weighted by Crippen LogP contribution is 2.29. The molecule has 3 N–H and O–H groups in total. The molecule has 0 fully saturated rings. The van der Waals surface area contributed by atoms with E-state index in [4.69, 9.17) is 28.4 Å². The minimum absolute atomic E-state index is 0.123. The minimum atomic E-state index is -0.851. The quantitative estimate of drug-likeness (QED) is 0.501. The number of nitrogens with one attached hydrogen (secondary N) is 1. The smallest absolute Gasteiger partial charge is 0.278 e. The highest BCUT2D eigenvalue weighted by atomic mass is 35.5. The maximum atomic E-state index is 10.9. The molecule has 0 atom stereocenters. The van der Waals surface area contributed by atoms with Gasteiger partial charge in [-0.1, -0.05) is 23.2 Å². The molecule has 0 unspecified atom stereocenters. The number of rotatable bonds is 1. The fourth-order valence-corrected chi connectivity index (χ4v) is 1.10. The topological polar surface area (TPSA) is 69.6 Å². The highest BCUT2D eigenvalue weighted by molar-refractivity contribution is 6.42. The van der Waals surface area contributed by atoms with Gasteiger partial charge in [0.1, 0.15) is 5.75 Å². The van der Waals surface area contributed by atoms with Gasteiger partial charge >= 0.3 is 0 Å². The summed E-state index contributed by atoms with van der Waals surface area (Å²) in [6.45, 7) is 0. The van der Waals surface area contributed by atoms with Gasteiger partial charge in [-0.15, -0.1) is 0 Å². The van der Waals surface area contributed by atoms with E-state index in [0.29, 0.717) is 0 Å². The number of halogens is 2. The lowest BCUT2D eigenvalue weighted by molar-refractivity contribution is 0.0703. The third-order valence-electron chi connectivity index (χ3n) is 1.38. The Hall–Kier alpha value is -0.970. The summed E-state index contributed by atoms with van der Waals surface area (Å²) < 4.78 is 0. The van der Waals surface area contributed by atoms with Crippen molar-refractivity contribution in [1.82, 2.24) is 5.48 Å². The van der Waals surface area contributed by atoms with Gasteiger partial charge in [-0.25, -0.2) is 5.48 Å². The van der Waals surface area contributed by atoms with E-state index in [2.05, 4.69) is 0 Å². The van der Waals surface area contributed by atoms with E-state index in [1.807, 2.05) is 0 Å². The van der Waals surface area contributed by atoms with Gasteiger partial charge < -0.3 is 5.11 Å². The highest BCUT2D eigenvalue weighted by Gasteiger charge is 2.12. The van der Waals surface area contributed by atoms with Gasteiger partial charge in [0.05, 0.1) is 15.6 Å². The molecular weight excluding hydrogens is 217 g/mol. The largest absolute Gasteiger partial charge is 0.507 e. The number of amides is 1. The van der Waals surface area contributed by atoms with Crippen LogP contribution in [0.5, 0.6) is 5.75 Å². The molecule has 0 radical (unpaired) electrons. The Morgan fingerprint density at radius 1 is 1.31 bits per heavy atom. The second kappa shape index (κ2) is 3.83. The zero-order valence-corrected chi connectivity index (χ0v) is 7.73. The van der Waals surface area contributed by atoms with Crippen LogP contribution < -0.4 is 5.48 Å². The van der Waals surface area contributed by atoms with Gasteiger partial charge in [-0.05, 0) is 6.07 Å². The van der Waals surface area contributed by atoms with Crippen molar-refractivity contribution in [1.29, 1.82) is 0 Å². The molecule has 6 heteroatoms. The monoisotopic (exact) mass is 221 g/mol. The number of hydrogen-bond acceptors (Lipinski definition) is 3. The van der Waals surface area contributed by atoms with Crippen LogP contribution in [-0.4, -0.2) is 16.2 Å². The Morgan fingerprint density at radius 2 is 1.85 bits per heavy atom. The van der Waals surface area contributed by atoms with Gasteiger partial charge in [0.2, 0.25) is 0 Å². The van der Waals surface area contributed by atoms with Crippen LogP contribution in [0.3, 0.4) is 0 Å². The first kappa shape index (κ1) is 10.1. The van der Waals surface area contributed by atoms with Crippen LogP contribution >= 0.6 is 23.2 Å². The summed E-state index contributed by atoms with van der Waals surface area (Å²) in [5, 5.41) is 17.7. The zero-order valence-electron chi connectivity index (χ0n) is 6.21. The maximum Gasteiger partial charge on any atom is 0.278 e. The number of benzene rings is 1. The van der Waals surface area contributed by atoms with Crippen molar-refractivity contribution >= 4 is 29.1 Å². The van der Waals surface area contributed by atoms with Gasteiger partial charge in [0, 0.05) is 6.07 Å². The van der Waals surface area contributed by atoms with Crippen molar-refractivity contribution in [3.05, 3.63) is 27.7 Å². The average Bonchev–Trinajstić information content (AvgIpc) is 2.10. The summed E-state index contributed by atoms with van der Waals surface area (Å²) >= 11 is 11.1. The normalized spacial score (nSPS) is 9.77. The molecule has 70 valence electrons. The molecule has 1 amide bonds. The summed E-state index contributed by atoms with van der Waals surface area (Å²) in [5.74, 6) is -1.20. The van der Waals surface area contributed by atoms with Gasteiger partial charge in [-0.2, -0.15) is 0 Å². The lowest BCUT2D eigenvalue weighted by Gasteiger charge is -2.03. The molecule has 0 aliphatic rings. The molecule has 4 nitrogen and oxygen atoms in total. The Kier molecular flexibility index (Phi) is 2.98. The Balaban J connectivity index is 3.23. The molecule has 0 bridgehead atoms. The Morgan fingerprint density at radius 3 is 2.38 bits per heavy atom.